The summed E-state index contributed by atoms with van der Waals surface area (Å²) in [4.78, 5) is 11.5. The molecular weight excluding hydrogens is 408 g/mol. The van der Waals surface area contributed by atoms with Crippen LogP contribution in [0.3, 0.4) is 0 Å². The minimum Gasteiger partial charge on any atom is -0.463 e. The maximum absolute atomic E-state index is 5.69. The van der Waals surface area contributed by atoms with Crippen LogP contribution >= 0.6 is 12.4 Å². The van der Waals surface area contributed by atoms with E-state index in [2.05, 4.69) is 46.4 Å². The zero-order valence-corrected chi connectivity index (χ0v) is 17.8. The first kappa shape index (κ1) is 20.5. The van der Waals surface area contributed by atoms with Gasteiger partial charge in [0, 0.05) is 19.6 Å². The van der Waals surface area contributed by atoms with E-state index in [0.29, 0.717) is 28.9 Å². The molecule has 1 aliphatic rings. The van der Waals surface area contributed by atoms with Gasteiger partial charge in [0.25, 0.3) is 11.6 Å². The summed E-state index contributed by atoms with van der Waals surface area (Å²) in [5, 5.41) is 12.7. The summed E-state index contributed by atoms with van der Waals surface area (Å²) in [5.74, 6) is 1.86. The SMILES string of the molecule is CC(C)c1noc2nc(-c3ccco3)cc(-c3nc(C4CNCCN4C)no3)c12.Cl. The zero-order chi connectivity index (χ0) is 20.0. The third-order valence-corrected chi connectivity index (χ3v) is 5.27. The number of likely N-dealkylation sites (N-methyl/N-ethyl adjacent to an activating group) is 1. The molecule has 5 heterocycles. The molecule has 158 valence electrons. The minimum absolute atomic E-state index is 0. The summed E-state index contributed by atoms with van der Waals surface area (Å²) in [5.41, 5.74) is 2.61. The first-order valence-electron chi connectivity index (χ1n) is 9.71. The van der Waals surface area contributed by atoms with E-state index in [0.717, 1.165) is 36.3 Å². The van der Waals surface area contributed by atoms with Crippen LogP contribution in [0.1, 0.15) is 37.3 Å². The molecule has 0 saturated carbocycles. The highest BCUT2D eigenvalue weighted by Crippen LogP contribution is 2.36. The van der Waals surface area contributed by atoms with Crippen LogP contribution in [0.4, 0.5) is 0 Å². The second-order valence-electron chi connectivity index (χ2n) is 7.59. The number of halogens is 1. The van der Waals surface area contributed by atoms with Crippen LogP contribution in [0, 0.1) is 0 Å². The Kier molecular flexibility index (Phi) is 5.59. The average molecular weight is 431 g/mol. The average Bonchev–Trinajstić information content (AvgIpc) is 3.46. The summed E-state index contributed by atoms with van der Waals surface area (Å²) < 4.78 is 16.8. The molecule has 0 aliphatic carbocycles. The zero-order valence-electron chi connectivity index (χ0n) is 17.0. The molecule has 30 heavy (non-hydrogen) atoms. The quantitative estimate of drug-likeness (QED) is 0.519. The molecule has 1 saturated heterocycles. The molecule has 1 fully saturated rings. The Balaban J connectivity index is 0.00000218. The van der Waals surface area contributed by atoms with Gasteiger partial charge in [-0.05, 0) is 31.2 Å². The molecular formula is C20H23ClN6O3. The van der Waals surface area contributed by atoms with E-state index in [-0.39, 0.29) is 24.4 Å². The van der Waals surface area contributed by atoms with E-state index in [1.54, 1.807) is 6.26 Å². The van der Waals surface area contributed by atoms with Crippen molar-refractivity contribution in [3.63, 3.8) is 0 Å². The van der Waals surface area contributed by atoms with Crippen molar-refractivity contribution in [2.75, 3.05) is 26.7 Å². The first-order chi connectivity index (χ1) is 14.1. The third kappa shape index (κ3) is 3.49. The van der Waals surface area contributed by atoms with Crippen molar-refractivity contribution in [1.29, 1.82) is 0 Å². The monoisotopic (exact) mass is 430 g/mol. The van der Waals surface area contributed by atoms with Gasteiger partial charge in [-0.15, -0.1) is 12.4 Å². The number of nitrogens with zero attached hydrogens (tertiary/aromatic N) is 5. The number of fused-ring (bicyclic) bond motifs is 1. The molecule has 0 radical (unpaired) electrons. The van der Waals surface area contributed by atoms with Crippen LogP contribution in [-0.2, 0) is 0 Å². The minimum atomic E-state index is 0. The van der Waals surface area contributed by atoms with Crippen LogP contribution in [0.2, 0.25) is 0 Å². The molecule has 1 aliphatic heterocycles. The normalized spacial score (nSPS) is 17.5. The molecule has 1 unspecified atom stereocenters. The van der Waals surface area contributed by atoms with E-state index in [1.807, 2.05) is 18.2 Å². The molecule has 1 atom stereocenters. The van der Waals surface area contributed by atoms with Crippen LogP contribution in [-0.4, -0.2) is 51.9 Å². The molecule has 0 bridgehead atoms. The fourth-order valence-corrected chi connectivity index (χ4v) is 3.66. The van der Waals surface area contributed by atoms with Gasteiger partial charge in [-0.25, -0.2) is 4.98 Å². The van der Waals surface area contributed by atoms with E-state index in [9.17, 15) is 0 Å². The Morgan fingerprint density at radius 2 is 2.07 bits per heavy atom. The van der Waals surface area contributed by atoms with Gasteiger partial charge in [-0.1, -0.05) is 24.2 Å². The van der Waals surface area contributed by atoms with Crippen LogP contribution in [0.25, 0.3) is 34.0 Å². The maximum Gasteiger partial charge on any atom is 0.259 e. The maximum atomic E-state index is 5.69. The van der Waals surface area contributed by atoms with Crippen molar-refractivity contribution >= 4 is 23.5 Å². The Morgan fingerprint density at radius 1 is 1.20 bits per heavy atom. The van der Waals surface area contributed by atoms with Gasteiger partial charge in [-0.2, -0.15) is 4.98 Å². The number of rotatable bonds is 4. The number of hydrogen-bond donors (Lipinski definition) is 1. The highest BCUT2D eigenvalue weighted by molar-refractivity contribution is 5.93. The standard InChI is InChI=1S/C20H22N6O3.ClH/c1-11(2)17-16-12(9-13(15-5-4-8-27-15)22-20(16)29-24-17)19-23-18(25-28-19)14-10-21-6-7-26(14)3;/h4-5,8-9,11,14,21H,6-7,10H2,1-3H3;1H. The summed E-state index contributed by atoms with van der Waals surface area (Å²) >= 11 is 0. The smallest absolute Gasteiger partial charge is 0.259 e. The summed E-state index contributed by atoms with van der Waals surface area (Å²) in [6.07, 6.45) is 1.61. The fraction of sp³-hybridized carbons (Fsp3) is 0.400. The lowest BCUT2D eigenvalue weighted by Crippen LogP contribution is -2.44. The van der Waals surface area contributed by atoms with Crippen LogP contribution in [0.15, 0.2) is 37.9 Å². The van der Waals surface area contributed by atoms with Crippen LogP contribution < -0.4 is 5.32 Å². The molecule has 4 aromatic heterocycles. The summed E-state index contributed by atoms with van der Waals surface area (Å²) in [6, 6.07) is 5.62. The molecule has 0 aromatic carbocycles. The number of furan rings is 1. The second kappa shape index (κ2) is 8.17. The lowest BCUT2D eigenvalue weighted by Gasteiger charge is -2.30. The lowest BCUT2D eigenvalue weighted by molar-refractivity contribution is 0.190. The molecule has 10 heteroatoms. The van der Waals surface area contributed by atoms with Crippen molar-refractivity contribution in [2.45, 2.75) is 25.8 Å². The van der Waals surface area contributed by atoms with Gasteiger partial charge in [0.1, 0.15) is 5.69 Å². The lowest BCUT2D eigenvalue weighted by atomic mass is 10.0. The summed E-state index contributed by atoms with van der Waals surface area (Å²) in [7, 11) is 2.07. The van der Waals surface area contributed by atoms with Gasteiger partial charge in [-0.3, -0.25) is 4.90 Å². The Bertz CT molecular complexity index is 1140. The van der Waals surface area contributed by atoms with Gasteiger partial charge in [0.2, 0.25) is 0 Å². The topological polar surface area (TPSA) is 106 Å². The molecule has 4 aromatic rings. The van der Waals surface area contributed by atoms with Gasteiger partial charge >= 0.3 is 0 Å². The van der Waals surface area contributed by atoms with Gasteiger partial charge in [0.15, 0.2) is 11.6 Å². The largest absolute Gasteiger partial charge is 0.463 e. The van der Waals surface area contributed by atoms with Crippen molar-refractivity contribution < 1.29 is 13.5 Å². The number of nitrogens with one attached hydrogen (secondary N) is 1. The summed E-state index contributed by atoms with van der Waals surface area (Å²) in [6.45, 7) is 6.78. The Hall–Kier alpha value is -2.75. The Morgan fingerprint density at radius 3 is 2.80 bits per heavy atom. The highest BCUT2D eigenvalue weighted by atomic mass is 35.5. The van der Waals surface area contributed by atoms with Gasteiger partial charge < -0.3 is 18.8 Å². The highest BCUT2D eigenvalue weighted by Gasteiger charge is 2.28. The van der Waals surface area contributed by atoms with E-state index >= 15 is 0 Å². The van der Waals surface area contributed by atoms with Crippen molar-refractivity contribution in [2.24, 2.45) is 0 Å². The Labute approximate surface area is 179 Å². The predicted molar refractivity (Wildman–Crippen MR) is 112 cm³/mol. The number of pyridine rings is 1. The van der Waals surface area contributed by atoms with Crippen molar-refractivity contribution in [3.05, 3.63) is 36.0 Å². The van der Waals surface area contributed by atoms with E-state index < -0.39 is 0 Å². The van der Waals surface area contributed by atoms with E-state index in [4.69, 9.17) is 18.4 Å². The first-order valence-corrected chi connectivity index (χ1v) is 9.71. The van der Waals surface area contributed by atoms with Crippen molar-refractivity contribution in [3.8, 4) is 22.9 Å². The number of aromatic nitrogens is 4. The molecule has 9 nitrogen and oxygen atoms in total. The van der Waals surface area contributed by atoms with E-state index in [1.165, 1.54) is 0 Å². The number of hydrogen-bond acceptors (Lipinski definition) is 9. The number of piperazine rings is 1. The van der Waals surface area contributed by atoms with Crippen molar-refractivity contribution in [1.82, 2.24) is 30.5 Å². The predicted octanol–water partition coefficient (Wildman–Crippen LogP) is 3.65. The fourth-order valence-electron chi connectivity index (χ4n) is 3.66. The van der Waals surface area contributed by atoms with Crippen LogP contribution in [0.5, 0.6) is 0 Å². The molecule has 1 N–H and O–H groups in total. The molecule has 5 rings (SSSR count). The van der Waals surface area contributed by atoms with Gasteiger partial charge in [0.05, 0.1) is 28.9 Å². The second-order valence-corrected chi connectivity index (χ2v) is 7.59. The third-order valence-electron chi connectivity index (χ3n) is 5.27. The molecule has 0 amide bonds. The molecule has 0 spiro atoms.